The minimum atomic E-state index is -1.30. The molecule has 1 fully saturated rings. The van der Waals surface area contributed by atoms with Gasteiger partial charge in [0.2, 0.25) is 5.91 Å². The Hall–Kier alpha value is -2.44. The zero-order chi connectivity index (χ0) is 21.7. The van der Waals surface area contributed by atoms with Gasteiger partial charge in [0.1, 0.15) is 12.7 Å². The second-order valence-electron chi connectivity index (χ2n) is 6.89. The number of nitrogens with one attached hydrogen (secondary N) is 3. The van der Waals surface area contributed by atoms with Crippen LogP contribution in [-0.4, -0.2) is 84.3 Å². The molecule has 1 saturated heterocycles. The van der Waals surface area contributed by atoms with Crippen molar-refractivity contribution in [2.75, 3.05) is 6.61 Å². The predicted octanol–water partition coefficient (Wildman–Crippen LogP) is -2.19. The molecule has 2 heterocycles. The van der Waals surface area contributed by atoms with Crippen molar-refractivity contribution in [2.45, 2.75) is 57.9 Å². The number of guanidine groups is 1. The Morgan fingerprint density at radius 1 is 1.31 bits per heavy atom. The number of allylic oxidation sites excluding steroid dienone is 1. The standard InChI is InChI=1S/C15H26B2N4O8/c1-7-5-9(19-14(20-16(3)25)21-17(4)26)11(18-8(2)22)13(28-7)12(23)10-6-27-15(24)29-10/h5,9-13,23,25-26H,6H2,1-4H3,(H,18,22)(H2,19,20,21)/t9-,10+,11+,12?,13+/m0/s1. The van der Waals surface area contributed by atoms with Crippen molar-refractivity contribution >= 4 is 32.1 Å². The molecule has 0 saturated carbocycles. The first-order chi connectivity index (χ1) is 13.6. The van der Waals surface area contributed by atoms with Gasteiger partial charge in [-0.25, -0.2) is 4.79 Å². The third-order valence-electron chi connectivity index (χ3n) is 4.14. The molecule has 2 aliphatic heterocycles. The maximum atomic E-state index is 11.8. The monoisotopic (exact) mass is 412 g/mol. The van der Waals surface area contributed by atoms with Crippen LogP contribution in [0.5, 0.6) is 0 Å². The Balaban J connectivity index is 2.29. The van der Waals surface area contributed by atoms with E-state index in [1.165, 1.54) is 20.6 Å². The fraction of sp³-hybridized carbons (Fsp3) is 0.667. The largest absolute Gasteiger partial charge is 0.508 e. The average molecular weight is 412 g/mol. The van der Waals surface area contributed by atoms with Crippen molar-refractivity contribution in [2.24, 2.45) is 4.90 Å². The van der Waals surface area contributed by atoms with Crippen LogP contribution in [0.2, 0.25) is 13.6 Å². The highest BCUT2D eigenvalue weighted by Gasteiger charge is 2.45. The van der Waals surface area contributed by atoms with Crippen LogP contribution in [0.1, 0.15) is 13.8 Å². The Morgan fingerprint density at radius 2 is 2.00 bits per heavy atom. The molecule has 0 aromatic rings. The molecular formula is C15H26B2N4O8. The van der Waals surface area contributed by atoms with Crippen LogP contribution >= 0.6 is 0 Å². The smallest absolute Gasteiger partial charge is 0.490 e. The number of ether oxygens (including phenoxy) is 3. The summed E-state index contributed by atoms with van der Waals surface area (Å²) >= 11 is 0. The number of amides is 1. The lowest BCUT2D eigenvalue weighted by Gasteiger charge is -2.40. The summed E-state index contributed by atoms with van der Waals surface area (Å²) < 4.78 is 15.4. The van der Waals surface area contributed by atoms with Gasteiger partial charge in [0.15, 0.2) is 18.2 Å². The number of carbonyl (C=O) groups excluding carboxylic acids is 2. The van der Waals surface area contributed by atoms with Crippen LogP contribution in [0.15, 0.2) is 16.7 Å². The highest BCUT2D eigenvalue weighted by molar-refractivity contribution is 6.52. The molecule has 0 spiro atoms. The number of carbonyl (C=O) groups is 2. The van der Waals surface area contributed by atoms with Gasteiger partial charge in [-0.1, -0.05) is 0 Å². The second kappa shape index (κ2) is 9.85. The van der Waals surface area contributed by atoms with E-state index in [0.29, 0.717) is 5.76 Å². The third kappa shape index (κ3) is 6.54. The van der Waals surface area contributed by atoms with E-state index >= 15 is 0 Å². The van der Waals surface area contributed by atoms with Crippen LogP contribution in [0.25, 0.3) is 0 Å². The van der Waals surface area contributed by atoms with Crippen LogP contribution < -0.4 is 15.9 Å². The van der Waals surface area contributed by atoms with Crippen LogP contribution in [0.3, 0.4) is 0 Å². The number of hydrogen-bond donors (Lipinski definition) is 6. The molecule has 160 valence electrons. The third-order valence-corrected chi connectivity index (χ3v) is 4.14. The summed E-state index contributed by atoms with van der Waals surface area (Å²) in [7, 11) is -2.04. The summed E-state index contributed by atoms with van der Waals surface area (Å²) in [6.07, 6.45) is -2.48. The quantitative estimate of drug-likeness (QED) is 0.122. The van der Waals surface area contributed by atoms with E-state index in [2.05, 4.69) is 20.8 Å². The molecule has 5 atom stereocenters. The van der Waals surface area contributed by atoms with E-state index in [9.17, 15) is 24.7 Å². The zero-order valence-electron chi connectivity index (χ0n) is 16.7. The van der Waals surface area contributed by atoms with Crippen molar-refractivity contribution in [3.8, 4) is 0 Å². The average Bonchev–Trinajstić information content (AvgIpc) is 3.01. The molecule has 0 aliphatic carbocycles. The van der Waals surface area contributed by atoms with E-state index in [4.69, 9.17) is 14.2 Å². The molecule has 29 heavy (non-hydrogen) atoms. The molecule has 1 amide bonds. The fourth-order valence-corrected chi connectivity index (χ4v) is 3.09. The van der Waals surface area contributed by atoms with Gasteiger partial charge in [0, 0.05) is 6.92 Å². The van der Waals surface area contributed by atoms with Crippen LogP contribution in [0.4, 0.5) is 4.79 Å². The van der Waals surface area contributed by atoms with Crippen molar-refractivity contribution in [1.82, 2.24) is 15.9 Å². The molecule has 14 heteroatoms. The number of aliphatic hydroxyl groups is 1. The van der Waals surface area contributed by atoms with Crippen LogP contribution in [-0.2, 0) is 19.0 Å². The highest BCUT2D eigenvalue weighted by Crippen LogP contribution is 2.25. The maximum absolute atomic E-state index is 11.8. The van der Waals surface area contributed by atoms with Gasteiger partial charge >= 0.3 is 20.3 Å². The molecular weight excluding hydrogens is 386 g/mol. The minimum absolute atomic E-state index is 0.0742. The first kappa shape index (κ1) is 22.8. The van der Waals surface area contributed by atoms with E-state index in [0.717, 1.165) is 0 Å². The fourth-order valence-electron chi connectivity index (χ4n) is 3.09. The lowest BCUT2D eigenvalue weighted by molar-refractivity contribution is -0.124. The Kier molecular flexibility index (Phi) is 7.76. The van der Waals surface area contributed by atoms with Crippen molar-refractivity contribution < 1.29 is 39.0 Å². The lowest BCUT2D eigenvalue weighted by Crippen LogP contribution is -2.64. The SMILES string of the molecule is CB(O)/N=C(/NB(C)O)N[C@H]1C=C(C)O[C@@H](C(O)[C@H]2COC(=O)O2)[C@@H]1NC(C)=O. The van der Waals surface area contributed by atoms with E-state index < -0.39 is 50.7 Å². The molecule has 0 aromatic carbocycles. The summed E-state index contributed by atoms with van der Waals surface area (Å²) in [5.74, 6) is 0.129. The topological polar surface area (TPSA) is 171 Å². The summed E-state index contributed by atoms with van der Waals surface area (Å²) in [4.78, 5) is 27.0. The van der Waals surface area contributed by atoms with E-state index in [-0.39, 0.29) is 18.5 Å². The Bertz CT molecular complexity index is 675. The molecule has 2 aliphatic rings. The second-order valence-corrected chi connectivity index (χ2v) is 6.89. The van der Waals surface area contributed by atoms with Crippen molar-refractivity contribution in [1.29, 1.82) is 0 Å². The van der Waals surface area contributed by atoms with Gasteiger partial charge < -0.3 is 45.2 Å². The molecule has 0 radical (unpaired) electrons. The number of hydrogen-bond acceptors (Lipinski definition) is 9. The van der Waals surface area contributed by atoms with Gasteiger partial charge in [-0.2, -0.15) is 0 Å². The van der Waals surface area contributed by atoms with Gasteiger partial charge in [-0.05, 0) is 26.6 Å². The number of aliphatic hydroxyl groups excluding tert-OH is 1. The molecule has 0 bridgehead atoms. The van der Waals surface area contributed by atoms with Crippen molar-refractivity contribution in [3.05, 3.63) is 11.8 Å². The summed E-state index contributed by atoms with van der Waals surface area (Å²) in [5, 5.41) is 38.3. The van der Waals surface area contributed by atoms with Crippen LogP contribution in [0, 0.1) is 0 Å². The molecule has 1 unspecified atom stereocenters. The normalized spacial score (nSPS) is 27.6. The minimum Gasteiger partial charge on any atom is -0.490 e. The lowest BCUT2D eigenvalue weighted by atomic mass is 9.87. The summed E-state index contributed by atoms with van der Waals surface area (Å²) in [5.41, 5.74) is 0. The predicted molar refractivity (Wildman–Crippen MR) is 104 cm³/mol. The van der Waals surface area contributed by atoms with Gasteiger partial charge in [0.25, 0.3) is 0 Å². The number of cyclic esters (lactones) is 2. The van der Waals surface area contributed by atoms with E-state index in [1.807, 2.05) is 0 Å². The zero-order valence-corrected chi connectivity index (χ0v) is 16.7. The molecule has 2 rings (SSSR count). The number of rotatable bonds is 6. The Morgan fingerprint density at radius 3 is 2.52 bits per heavy atom. The Labute approximate surface area is 168 Å². The van der Waals surface area contributed by atoms with E-state index in [1.54, 1.807) is 13.0 Å². The summed E-state index contributed by atoms with van der Waals surface area (Å²) in [6.45, 7) is 5.72. The highest BCUT2D eigenvalue weighted by atomic mass is 16.8. The van der Waals surface area contributed by atoms with Crippen molar-refractivity contribution in [3.63, 3.8) is 0 Å². The number of nitrogens with zero attached hydrogens (tertiary/aromatic N) is 1. The summed E-state index contributed by atoms with van der Waals surface area (Å²) in [6, 6.07) is -1.45. The van der Waals surface area contributed by atoms with Gasteiger partial charge in [-0.15, -0.1) is 0 Å². The molecule has 12 nitrogen and oxygen atoms in total. The maximum Gasteiger partial charge on any atom is 0.508 e. The molecule has 0 aromatic heterocycles. The molecule has 6 N–H and O–H groups in total. The van der Waals surface area contributed by atoms with Gasteiger partial charge in [0.05, 0.1) is 17.8 Å². The van der Waals surface area contributed by atoms with Gasteiger partial charge in [-0.3, -0.25) is 9.70 Å². The first-order valence-electron chi connectivity index (χ1n) is 9.17. The first-order valence-corrected chi connectivity index (χ1v) is 9.17.